The van der Waals surface area contributed by atoms with Crippen LogP contribution in [0.25, 0.3) is 5.57 Å². The Labute approximate surface area is 178 Å². The van der Waals surface area contributed by atoms with E-state index in [4.69, 9.17) is 9.47 Å². The molecule has 1 saturated carbocycles. The van der Waals surface area contributed by atoms with Crippen LogP contribution in [0.3, 0.4) is 0 Å². The Hall–Kier alpha value is -2.34. The second-order valence-corrected chi connectivity index (χ2v) is 9.41. The SMILES string of the molecule is Cc1cc(C)c(C2=C(OC(=O)N(C)C)C3(CCC4(CCCO4)CC3)NC2=O)c(C)c1. The highest BCUT2D eigenvalue weighted by Crippen LogP contribution is 2.50. The number of benzene rings is 1. The fraction of sp³-hybridized carbons (Fsp3) is 0.583. The molecule has 2 aliphatic heterocycles. The van der Waals surface area contributed by atoms with E-state index in [9.17, 15) is 9.59 Å². The van der Waals surface area contributed by atoms with Crippen LogP contribution in [-0.4, -0.2) is 48.7 Å². The van der Waals surface area contributed by atoms with Gasteiger partial charge in [0.25, 0.3) is 5.91 Å². The van der Waals surface area contributed by atoms with Crippen molar-refractivity contribution < 1.29 is 19.1 Å². The molecule has 2 heterocycles. The molecule has 30 heavy (non-hydrogen) atoms. The van der Waals surface area contributed by atoms with Crippen molar-refractivity contribution >= 4 is 17.6 Å². The summed E-state index contributed by atoms with van der Waals surface area (Å²) in [5, 5.41) is 3.22. The number of hydrogen-bond acceptors (Lipinski definition) is 4. The molecule has 2 spiro atoms. The van der Waals surface area contributed by atoms with Crippen LogP contribution in [0.2, 0.25) is 0 Å². The van der Waals surface area contributed by atoms with Crippen molar-refractivity contribution in [3.8, 4) is 0 Å². The van der Waals surface area contributed by atoms with Gasteiger partial charge in [-0.05, 0) is 76.0 Å². The van der Waals surface area contributed by atoms with Gasteiger partial charge in [-0.2, -0.15) is 0 Å². The van der Waals surface area contributed by atoms with Gasteiger partial charge in [0.15, 0.2) is 0 Å². The molecule has 1 N–H and O–H groups in total. The number of carbonyl (C=O) groups is 2. The fourth-order valence-corrected chi connectivity index (χ4v) is 5.44. The molecule has 162 valence electrons. The van der Waals surface area contributed by atoms with Crippen LogP contribution in [-0.2, 0) is 14.3 Å². The monoisotopic (exact) mass is 412 g/mol. The third-order valence-electron chi connectivity index (χ3n) is 6.92. The largest absolute Gasteiger partial charge is 0.414 e. The first-order valence-electron chi connectivity index (χ1n) is 10.8. The maximum Gasteiger partial charge on any atom is 0.414 e. The van der Waals surface area contributed by atoms with Crippen molar-refractivity contribution in [1.82, 2.24) is 10.2 Å². The number of amides is 2. The molecule has 2 fully saturated rings. The van der Waals surface area contributed by atoms with E-state index in [0.717, 1.165) is 54.5 Å². The van der Waals surface area contributed by atoms with Gasteiger partial charge in [-0.25, -0.2) is 4.79 Å². The smallest absolute Gasteiger partial charge is 0.411 e. The van der Waals surface area contributed by atoms with Crippen molar-refractivity contribution in [2.45, 2.75) is 70.4 Å². The number of ether oxygens (including phenoxy) is 2. The number of nitrogens with one attached hydrogen (secondary N) is 1. The summed E-state index contributed by atoms with van der Waals surface area (Å²) in [7, 11) is 3.31. The molecule has 1 aromatic rings. The second-order valence-electron chi connectivity index (χ2n) is 9.41. The van der Waals surface area contributed by atoms with E-state index in [0.29, 0.717) is 24.2 Å². The van der Waals surface area contributed by atoms with Gasteiger partial charge < -0.3 is 19.7 Å². The predicted molar refractivity (Wildman–Crippen MR) is 115 cm³/mol. The third kappa shape index (κ3) is 3.41. The Kier molecular flexibility index (Phi) is 5.17. The minimum atomic E-state index is -0.654. The molecule has 0 aromatic heterocycles. The van der Waals surface area contributed by atoms with Crippen LogP contribution in [0.1, 0.15) is 60.8 Å². The maximum absolute atomic E-state index is 13.3. The van der Waals surface area contributed by atoms with E-state index >= 15 is 0 Å². The van der Waals surface area contributed by atoms with E-state index in [2.05, 4.69) is 17.4 Å². The molecule has 0 atom stereocenters. The molecule has 1 aromatic carbocycles. The summed E-state index contributed by atoms with van der Waals surface area (Å²) in [5.41, 5.74) is 3.81. The summed E-state index contributed by atoms with van der Waals surface area (Å²) in [6.07, 6.45) is 4.83. The quantitative estimate of drug-likeness (QED) is 0.797. The topological polar surface area (TPSA) is 67.9 Å². The van der Waals surface area contributed by atoms with Crippen molar-refractivity contribution in [3.05, 3.63) is 40.1 Å². The molecule has 0 bridgehead atoms. The van der Waals surface area contributed by atoms with Gasteiger partial charge in [0.1, 0.15) is 5.76 Å². The summed E-state index contributed by atoms with van der Waals surface area (Å²) in [6.45, 7) is 6.87. The molecule has 6 heteroatoms. The number of aryl methyl sites for hydroxylation is 3. The number of nitrogens with zero attached hydrogens (tertiary/aromatic N) is 1. The van der Waals surface area contributed by atoms with E-state index in [1.54, 1.807) is 14.1 Å². The van der Waals surface area contributed by atoms with E-state index < -0.39 is 11.6 Å². The van der Waals surface area contributed by atoms with E-state index in [-0.39, 0.29) is 11.5 Å². The molecule has 0 radical (unpaired) electrons. The van der Waals surface area contributed by atoms with Crippen LogP contribution < -0.4 is 5.32 Å². The summed E-state index contributed by atoms with van der Waals surface area (Å²) < 4.78 is 12.0. The van der Waals surface area contributed by atoms with Crippen molar-refractivity contribution in [2.75, 3.05) is 20.7 Å². The van der Waals surface area contributed by atoms with Gasteiger partial charge in [0.2, 0.25) is 0 Å². The first-order chi connectivity index (χ1) is 14.2. The van der Waals surface area contributed by atoms with Crippen LogP contribution in [0.15, 0.2) is 17.9 Å². The highest BCUT2D eigenvalue weighted by molar-refractivity contribution is 6.24. The van der Waals surface area contributed by atoms with Crippen LogP contribution in [0.4, 0.5) is 4.79 Å². The van der Waals surface area contributed by atoms with Gasteiger partial charge in [-0.1, -0.05) is 17.7 Å². The second kappa shape index (κ2) is 7.41. The number of hydrogen-bond donors (Lipinski definition) is 1. The molecule has 4 rings (SSSR count). The van der Waals surface area contributed by atoms with E-state index in [1.807, 2.05) is 20.8 Å². The summed E-state index contributed by atoms with van der Waals surface area (Å²) in [5.74, 6) is 0.323. The molecule has 3 aliphatic rings. The summed E-state index contributed by atoms with van der Waals surface area (Å²) in [6, 6.07) is 4.14. The minimum absolute atomic E-state index is 0.0783. The molecule has 1 aliphatic carbocycles. The maximum atomic E-state index is 13.3. The van der Waals surface area contributed by atoms with Gasteiger partial charge in [0, 0.05) is 20.7 Å². The molecule has 2 amide bonds. The van der Waals surface area contributed by atoms with Gasteiger partial charge in [-0.3, -0.25) is 4.79 Å². The summed E-state index contributed by atoms with van der Waals surface area (Å²) >= 11 is 0. The van der Waals surface area contributed by atoms with Gasteiger partial charge in [-0.15, -0.1) is 0 Å². The average Bonchev–Trinajstić information content (AvgIpc) is 3.22. The van der Waals surface area contributed by atoms with Gasteiger partial charge >= 0.3 is 6.09 Å². The predicted octanol–water partition coefficient (Wildman–Crippen LogP) is 4.01. The van der Waals surface area contributed by atoms with Crippen LogP contribution in [0.5, 0.6) is 0 Å². The van der Waals surface area contributed by atoms with Crippen molar-refractivity contribution in [1.29, 1.82) is 0 Å². The molecular formula is C24H32N2O4. The normalized spacial score (nSPS) is 28.4. The Morgan fingerprint density at radius 1 is 1.07 bits per heavy atom. The minimum Gasteiger partial charge on any atom is -0.411 e. The van der Waals surface area contributed by atoms with Crippen LogP contribution >= 0.6 is 0 Å². The van der Waals surface area contributed by atoms with Crippen molar-refractivity contribution in [3.63, 3.8) is 0 Å². The fourth-order valence-electron chi connectivity index (χ4n) is 5.44. The molecule has 1 saturated heterocycles. The lowest BCUT2D eigenvalue weighted by molar-refractivity contribution is -0.117. The van der Waals surface area contributed by atoms with Gasteiger partial charge in [0.05, 0.1) is 16.7 Å². The lowest BCUT2D eigenvalue weighted by Gasteiger charge is -2.43. The Morgan fingerprint density at radius 3 is 2.23 bits per heavy atom. The zero-order valence-corrected chi connectivity index (χ0v) is 18.7. The highest BCUT2D eigenvalue weighted by Gasteiger charge is 2.54. The molecule has 0 unspecified atom stereocenters. The Bertz CT molecular complexity index is 892. The van der Waals surface area contributed by atoms with E-state index in [1.165, 1.54) is 4.90 Å². The first kappa shape index (κ1) is 20.9. The highest BCUT2D eigenvalue weighted by atomic mass is 16.6. The lowest BCUT2D eigenvalue weighted by Crippen LogP contribution is -2.52. The summed E-state index contributed by atoms with van der Waals surface area (Å²) in [4.78, 5) is 27.3. The third-order valence-corrected chi connectivity index (χ3v) is 6.92. The first-order valence-corrected chi connectivity index (χ1v) is 10.8. The molecule has 6 nitrogen and oxygen atoms in total. The lowest BCUT2D eigenvalue weighted by atomic mass is 9.72. The Balaban J connectivity index is 1.80. The van der Waals surface area contributed by atoms with Crippen LogP contribution in [0, 0.1) is 20.8 Å². The zero-order valence-electron chi connectivity index (χ0n) is 18.7. The Morgan fingerprint density at radius 2 is 1.70 bits per heavy atom. The standard InChI is InChI=1S/C24H32N2O4/c1-15-13-16(2)18(17(3)14-15)19-20(30-22(28)26(4)5)24(25-21(19)27)10-8-23(9-11-24)7-6-12-29-23/h13-14H,6-12H2,1-5H3,(H,25,27). The molecular weight excluding hydrogens is 380 g/mol. The number of rotatable bonds is 2. The number of carbonyl (C=O) groups excluding carboxylic acids is 2. The average molecular weight is 413 g/mol. The van der Waals surface area contributed by atoms with Crippen molar-refractivity contribution in [2.24, 2.45) is 0 Å². The zero-order chi connectivity index (χ0) is 21.7.